The van der Waals surface area contributed by atoms with Crippen LogP contribution in [-0.2, 0) is 11.3 Å². The summed E-state index contributed by atoms with van der Waals surface area (Å²) in [5.41, 5.74) is 1.11. The Morgan fingerprint density at radius 2 is 1.93 bits per heavy atom. The van der Waals surface area contributed by atoms with Crippen LogP contribution in [0.3, 0.4) is 0 Å². The third-order valence-electron chi connectivity index (χ3n) is 2.23. The quantitative estimate of drug-likeness (QED) is 0.714. The molecule has 0 radical (unpaired) electrons. The average Bonchev–Trinajstić information content (AvgIpc) is 2.20. The molecule has 0 aliphatic carbocycles. The maximum atomic E-state index is 5.72. The van der Waals surface area contributed by atoms with Crippen molar-refractivity contribution in [2.45, 2.75) is 26.9 Å². The van der Waals surface area contributed by atoms with Crippen molar-refractivity contribution in [1.82, 2.24) is 0 Å². The van der Waals surface area contributed by atoms with Crippen molar-refractivity contribution in [1.29, 1.82) is 0 Å². The molecule has 15 heavy (non-hydrogen) atoms. The monoisotopic (exact) mass is 208 g/mol. The van der Waals surface area contributed by atoms with E-state index in [4.69, 9.17) is 9.47 Å². The molecule has 0 unspecified atom stereocenters. The standard InChI is InChI=1S/C13H20O2/c1-11(2)8-9-15-13-7-5-4-6-12(13)10-14-3/h4-7,11H,8-10H2,1-3H3. The first kappa shape index (κ1) is 12.1. The van der Waals surface area contributed by atoms with Crippen LogP contribution in [-0.4, -0.2) is 13.7 Å². The highest BCUT2D eigenvalue weighted by Gasteiger charge is 2.02. The van der Waals surface area contributed by atoms with E-state index in [1.807, 2.05) is 24.3 Å². The first-order valence-electron chi connectivity index (χ1n) is 5.43. The SMILES string of the molecule is COCc1ccccc1OCCC(C)C. The molecule has 84 valence electrons. The van der Waals surface area contributed by atoms with E-state index in [2.05, 4.69) is 13.8 Å². The third kappa shape index (κ3) is 4.34. The first-order chi connectivity index (χ1) is 7.24. The Morgan fingerprint density at radius 3 is 2.60 bits per heavy atom. The summed E-state index contributed by atoms with van der Waals surface area (Å²) in [4.78, 5) is 0. The van der Waals surface area contributed by atoms with Crippen LogP contribution in [0.1, 0.15) is 25.8 Å². The van der Waals surface area contributed by atoms with Crippen molar-refractivity contribution in [3.05, 3.63) is 29.8 Å². The van der Waals surface area contributed by atoms with Crippen molar-refractivity contribution in [2.75, 3.05) is 13.7 Å². The second-order valence-corrected chi connectivity index (χ2v) is 4.07. The zero-order valence-corrected chi connectivity index (χ0v) is 9.82. The van der Waals surface area contributed by atoms with Gasteiger partial charge in [0.1, 0.15) is 5.75 Å². The summed E-state index contributed by atoms with van der Waals surface area (Å²) < 4.78 is 10.8. The molecule has 0 atom stereocenters. The fraction of sp³-hybridized carbons (Fsp3) is 0.538. The van der Waals surface area contributed by atoms with Crippen LogP contribution in [0.15, 0.2) is 24.3 Å². The molecule has 0 saturated heterocycles. The molecule has 0 aromatic heterocycles. The highest BCUT2D eigenvalue weighted by atomic mass is 16.5. The topological polar surface area (TPSA) is 18.5 Å². The minimum Gasteiger partial charge on any atom is -0.493 e. The number of benzene rings is 1. The number of methoxy groups -OCH3 is 1. The van der Waals surface area contributed by atoms with Gasteiger partial charge in [-0.15, -0.1) is 0 Å². The van der Waals surface area contributed by atoms with E-state index in [0.29, 0.717) is 12.5 Å². The lowest BCUT2D eigenvalue weighted by Crippen LogP contribution is -2.03. The van der Waals surface area contributed by atoms with Crippen LogP contribution in [0, 0.1) is 5.92 Å². The summed E-state index contributed by atoms with van der Waals surface area (Å²) in [6.07, 6.45) is 1.08. The number of hydrogen-bond donors (Lipinski definition) is 0. The molecule has 1 aromatic carbocycles. The Bertz CT molecular complexity index is 282. The zero-order chi connectivity index (χ0) is 11.1. The van der Waals surface area contributed by atoms with Crippen molar-refractivity contribution in [3.8, 4) is 5.75 Å². The third-order valence-corrected chi connectivity index (χ3v) is 2.23. The van der Waals surface area contributed by atoms with E-state index in [9.17, 15) is 0 Å². The van der Waals surface area contributed by atoms with Gasteiger partial charge in [0.2, 0.25) is 0 Å². The van der Waals surface area contributed by atoms with Gasteiger partial charge in [-0.3, -0.25) is 0 Å². The lowest BCUT2D eigenvalue weighted by molar-refractivity contribution is 0.179. The van der Waals surface area contributed by atoms with E-state index < -0.39 is 0 Å². The van der Waals surface area contributed by atoms with Crippen molar-refractivity contribution in [2.24, 2.45) is 5.92 Å². The van der Waals surface area contributed by atoms with E-state index in [0.717, 1.165) is 24.3 Å². The van der Waals surface area contributed by atoms with E-state index in [1.165, 1.54) is 0 Å². The molecule has 0 heterocycles. The summed E-state index contributed by atoms with van der Waals surface area (Å²) >= 11 is 0. The lowest BCUT2D eigenvalue weighted by atomic mass is 10.1. The van der Waals surface area contributed by atoms with Gasteiger partial charge in [0, 0.05) is 12.7 Å². The second kappa shape index (κ2) is 6.46. The molecule has 0 bridgehead atoms. The van der Waals surface area contributed by atoms with Crippen LogP contribution in [0.5, 0.6) is 5.75 Å². The van der Waals surface area contributed by atoms with Crippen LogP contribution >= 0.6 is 0 Å². The fourth-order valence-electron chi connectivity index (χ4n) is 1.32. The maximum Gasteiger partial charge on any atom is 0.124 e. The Morgan fingerprint density at radius 1 is 1.20 bits per heavy atom. The van der Waals surface area contributed by atoms with Gasteiger partial charge in [0.15, 0.2) is 0 Å². The zero-order valence-electron chi connectivity index (χ0n) is 9.82. The van der Waals surface area contributed by atoms with Gasteiger partial charge in [0.05, 0.1) is 13.2 Å². The summed E-state index contributed by atoms with van der Waals surface area (Å²) in [6.45, 7) is 5.78. The normalized spacial score (nSPS) is 10.7. The molecular formula is C13H20O2. The van der Waals surface area contributed by atoms with E-state index in [-0.39, 0.29) is 0 Å². The minimum absolute atomic E-state index is 0.609. The van der Waals surface area contributed by atoms with E-state index >= 15 is 0 Å². The molecule has 0 fully saturated rings. The van der Waals surface area contributed by atoms with Gasteiger partial charge in [-0.1, -0.05) is 32.0 Å². The Labute approximate surface area is 92.2 Å². The minimum atomic E-state index is 0.609. The highest BCUT2D eigenvalue weighted by molar-refractivity contribution is 5.32. The number of para-hydroxylation sites is 1. The largest absolute Gasteiger partial charge is 0.493 e. The van der Waals surface area contributed by atoms with Gasteiger partial charge in [0.25, 0.3) is 0 Å². The molecule has 2 heteroatoms. The van der Waals surface area contributed by atoms with Gasteiger partial charge in [-0.25, -0.2) is 0 Å². The Balaban J connectivity index is 2.51. The molecule has 0 aliphatic heterocycles. The lowest BCUT2D eigenvalue weighted by Gasteiger charge is -2.11. The first-order valence-corrected chi connectivity index (χ1v) is 5.43. The Hall–Kier alpha value is -1.02. The highest BCUT2D eigenvalue weighted by Crippen LogP contribution is 2.19. The van der Waals surface area contributed by atoms with Crippen LogP contribution < -0.4 is 4.74 Å². The van der Waals surface area contributed by atoms with Crippen molar-refractivity contribution < 1.29 is 9.47 Å². The average molecular weight is 208 g/mol. The Kier molecular flexibility index (Phi) is 5.19. The molecule has 0 N–H and O–H groups in total. The van der Waals surface area contributed by atoms with Gasteiger partial charge < -0.3 is 9.47 Å². The number of rotatable bonds is 6. The number of ether oxygens (including phenoxy) is 2. The molecule has 0 amide bonds. The van der Waals surface area contributed by atoms with Crippen molar-refractivity contribution >= 4 is 0 Å². The summed E-state index contributed by atoms with van der Waals surface area (Å²) in [5, 5.41) is 0. The van der Waals surface area contributed by atoms with E-state index in [1.54, 1.807) is 7.11 Å². The van der Waals surface area contributed by atoms with Gasteiger partial charge in [-0.2, -0.15) is 0 Å². The predicted molar refractivity (Wildman–Crippen MR) is 62.1 cm³/mol. The van der Waals surface area contributed by atoms with Crippen LogP contribution in [0.2, 0.25) is 0 Å². The maximum absolute atomic E-state index is 5.72. The smallest absolute Gasteiger partial charge is 0.124 e. The molecule has 1 rings (SSSR count). The molecular weight excluding hydrogens is 188 g/mol. The number of hydrogen-bond acceptors (Lipinski definition) is 2. The van der Waals surface area contributed by atoms with Gasteiger partial charge >= 0.3 is 0 Å². The second-order valence-electron chi connectivity index (χ2n) is 4.07. The predicted octanol–water partition coefficient (Wildman–Crippen LogP) is 3.26. The summed E-state index contributed by atoms with van der Waals surface area (Å²) in [6, 6.07) is 8.02. The van der Waals surface area contributed by atoms with Gasteiger partial charge in [-0.05, 0) is 18.4 Å². The van der Waals surface area contributed by atoms with Crippen molar-refractivity contribution in [3.63, 3.8) is 0 Å². The summed E-state index contributed by atoms with van der Waals surface area (Å²) in [5.74, 6) is 1.62. The van der Waals surface area contributed by atoms with Crippen LogP contribution in [0.4, 0.5) is 0 Å². The molecule has 1 aromatic rings. The molecule has 0 spiro atoms. The molecule has 0 aliphatic rings. The van der Waals surface area contributed by atoms with Crippen LogP contribution in [0.25, 0.3) is 0 Å². The summed E-state index contributed by atoms with van der Waals surface area (Å²) in [7, 11) is 1.70. The molecule has 0 saturated carbocycles. The fourth-order valence-corrected chi connectivity index (χ4v) is 1.32. The molecule has 2 nitrogen and oxygen atoms in total.